The Kier molecular flexibility index (Phi) is 7.61. The van der Waals surface area contributed by atoms with Gasteiger partial charge in [-0.2, -0.15) is 8.78 Å². The molecule has 5 rings (SSSR count). The van der Waals surface area contributed by atoms with Gasteiger partial charge in [0.2, 0.25) is 0 Å². The molecule has 42 heavy (non-hydrogen) atoms. The van der Waals surface area contributed by atoms with Crippen molar-refractivity contribution >= 4 is 22.4 Å². The number of halogens is 10. The summed E-state index contributed by atoms with van der Waals surface area (Å²) in [5.74, 6) is -10.2. The summed E-state index contributed by atoms with van der Waals surface area (Å²) in [6.07, 6.45) is -4.05. The van der Waals surface area contributed by atoms with Gasteiger partial charge in [-0.25, -0.2) is 30.7 Å². The second-order valence-corrected chi connectivity index (χ2v) is 9.63. The van der Waals surface area contributed by atoms with E-state index < -0.39 is 68.6 Å². The van der Waals surface area contributed by atoms with E-state index >= 15 is 8.78 Å². The van der Waals surface area contributed by atoms with Crippen molar-refractivity contribution in [2.75, 3.05) is 0 Å². The van der Waals surface area contributed by atoms with Crippen molar-refractivity contribution in [1.29, 1.82) is 0 Å². The minimum atomic E-state index is -4.21. The molecule has 0 saturated carbocycles. The SMILES string of the molecule is CCc1cc2ccc(C(F)(F)Oc3ccc(-c4ccc(-c5cc(F)c(F)c(F)c5)c(F)c4)c(F)c3)c(Cl)c2c(F)c1F. The number of aryl methyl sites for hydroxylation is 1. The summed E-state index contributed by atoms with van der Waals surface area (Å²) in [6, 6.07) is 10.2. The quantitative estimate of drug-likeness (QED) is 0.137. The summed E-state index contributed by atoms with van der Waals surface area (Å²) in [5.41, 5.74) is -1.85. The second-order valence-electron chi connectivity index (χ2n) is 9.25. The zero-order valence-electron chi connectivity index (χ0n) is 21.2. The lowest BCUT2D eigenvalue weighted by molar-refractivity contribution is -0.185. The number of hydrogen-bond acceptors (Lipinski definition) is 1. The molecule has 0 aromatic heterocycles. The average Bonchev–Trinajstić information content (AvgIpc) is 2.93. The largest absolute Gasteiger partial charge is 0.429 e. The highest BCUT2D eigenvalue weighted by molar-refractivity contribution is 6.36. The van der Waals surface area contributed by atoms with E-state index in [1.54, 1.807) is 6.92 Å². The predicted molar refractivity (Wildman–Crippen MR) is 140 cm³/mol. The van der Waals surface area contributed by atoms with Crippen LogP contribution in [0.25, 0.3) is 33.0 Å². The Morgan fingerprint density at radius 1 is 0.643 bits per heavy atom. The first kappa shape index (κ1) is 29.3. The molecule has 5 aromatic carbocycles. The minimum absolute atomic E-state index is 0.0372. The van der Waals surface area contributed by atoms with E-state index in [1.165, 1.54) is 12.1 Å². The molecular formula is C31H16ClF9O. The van der Waals surface area contributed by atoms with Crippen LogP contribution in [0.3, 0.4) is 0 Å². The van der Waals surface area contributed by atoms with Gasteiger partial charge in [0.25, 0.3) is 0 Å². The van der Waals surface area contributed by atoms with Gasteiger partial charge in [-0.3, -0.25) is 0 Å². The van der Waals surface area contributed by atoms with Gasteiger partial charge >= 0.3 is 6.11 Å². The molecule has 216 valence electrons. The molecule has 0 saturated heterocycles. The smallest absolute Gasteiger partial charge is 0.428 e. The van der Waals surface area contributed by atoms with Gasteiger partial charge in [0.1, 0.15) is 17.4 Å². The van der Waals surface area contributed by atoms with Gasteiger partial charge in [-0.05, 0) is 71.0 Å². The number of rotatable bonds is 6. The molecule has 0 atom stereocenters. The first-order chi connectivity index (χ1) is 19.8. The van der Waals surface area contributed by atoms with Crippen molar-refractivity contribution in [2.24, 2.45) is 0 Å². The lowest BCUT2D eigenvalue weighted by atomic mass is 9.99. The topological polar surface area (TPSA) is 9.23 Å². The summed E-state index contributed by atoms with van der Waals surface area (Å²) in [7, 11) is 0. The molecule has 0 heterocycles. The zero-order valence-corrected chi connectivity index (χ0v) is 22.0. The third-order valence-electron chi connectivity index (χ3n) is 6.65. The molecule has 1 nitrogen and oxygen atoms in total. The fraction of sp³-hybridized carbons (Fsp3) is 0.0968. The fourth-order valence-corrected chi connectivity index (χ4v) is 4.91. The summed E-state index contributed by atoms with van der Waals surface area (Å²) >= 11 is 6.06. The molecular weight excluding hydrogens is 595 g/mol. The van der Waals surface area contributed by atoms with Crippen molar-refractivity contribution < 1.29 is 44.3 Å². The molecule has 0 aliphatic heterocycles. The molecule has 0 aliphatic carbocycles. The molecule has 0 N–H and O–H groups in total. The maximum atomic E-state index is 15.1. The van der Waals surface area contributed by atoms with Crippen LogP contribution in [0.4, 0.5) is 39.5 Å². The molecule has 0 fully saturated rings. The standard InChI is InChI=1S/C31H16ClF9O/c1-2-14-9-16-4-8-21(27(32)26(16)30(39)28(14)37)31(40,41)42-18-5-7-19(23(34)13-18)15-3-6-20(22(33)10-15)17-11-24(35)29(38)25(36)12-17/h3-13H,2H2,1H3. The molecule has 5 aromatic rings. The Bertz CT molecular complexity index is 1850. The van der Waals surface area contributed by atoms with Crippen molar-refractivity contribution in [3.05, 3.63) is 124 Å². The van der Waals surface area contributed by atoms with E-state index in [0.29, 0.717) is 18.2 Å². The van der Waals surface area contributed by atoms with Crippen LogP contribution in [0.1, 0.15) is 18.1 Å². The van der Waals surface area contributed by atoms with E-state index in [-0.39, 0.29) is 39.6 Å². The molecule has 0 bridgehead atoms. The number of hydrogen-bond donors (Lipinski definition) is 0. The lowest BCUT2D eigenvalue weighted by Gasteiger charge is -2.21. The van der Waals surface area contributed by atoms with Crippen LogP contribution in [0.15, 0.2) is 66.7 Å². The average molecular weight is 611 g/mol. The van der Waals surface area contributed by atoms with Crippen LogP contribution in [0.2, 0.25) is 5.02 Å². The third kappa shape index (κ3) is 5.15. The Balaban J connectivity index is 1.44. The van der Waals surface area contributed by atoms with Gasteiger partial charge in [0.15, 0.2) is 29.1 Å². The van der Waals surface area contributed by atoms with Gasteiger partial charge in [-0.1, -0.05) is 36.7 Å². The van der Waals surface area contributed by atoms with Gasteiger partial charge < -0.3 is 4.74 Å². The monoisotopic (exact) mass is 610 g/mol. The Morgan fingerprint density at radius 2 is 1.24 bits per heavy atom. The van der Waals surface area contributed by atoms with Gasteiger partial charge in [0.05, 0.1) is 10.6 Å². The van der Waals surface area contributed by atoms with Crippen LogP contribution in [-0.2, 0) is 12.5 Å². The summed E-state index contributed by atoms with van der Waals surface area (Å²) < 4.78 is 134. The number of alkyl halides is 2. The van der Waals surface area contributed by atoms with Crippen molar-refractivity contribution in [3.8, 4) is 28.0 Å². The molecule has 0 amide bonds. The fourth-order valence-electron chi connectivity index (χ4n) is 4.54. The molecule has 11 heteroatoms. The first-order valence-electron chi connectivity index (χ1n) is 12.2. The van der Waals surface area contributed by atoms with Crippen molar-refractivity contribution in [3.63, 3.8) is 0 Å². The Labute approximate surface area is 237 Å². The maximum Gasteiger partial charge on any atom is 0.428 e. The van der Waals surface area contributed by atoms with E-state index in [2.05, 4.69) is 4.74 Å². The van der Waals surface area contributed by atoms with Crippen LogP contribution < -0.4 is 4.74 Å². The lowest BCUT2D eigenvalue weighted by Crippen LogP contribution is -2.22. The van der Waals surface area contributed by atoms with Crippen molar-refractivity contribution in [1.82, 2.24) is 0 Å². The van der Waals surface area contributed by atoms with Crippen LogP contribution in [0.5, 0.6) is 5.75 Å². The predicted octanol–water partition coefficient (Wildman–Crippen LogP) is 10.5. The minimum Gasteiger partial charge on any atom is -0.429 e. The first-order valence-corrected chi connectivity index (χ1v) is 12.6. The van der Waals surface area contributed by atoms with Gasteiger partial charge in [0, 0.05) is 22.6 Å². The Hall–Kier alpha value is -4.18. The molecule has 0 radical (unpaired) electrons. The van der Waals surface area contributed by atoms with Gasteiger partial charge in [-0.15, -0.1) is 0 Å². The van der Waals surface area contributed by atoms with Crippen LogP contribution >= 0.6 is 11.6 Å². The maximum absolute atomic E-state index is 15.1. The highest BCUT2D eigenvalue weighted by atomic mass is 35.5. The highest BCUT2D eigenvalue weighted by Gasteiger charge is 2.38. The van der Waals surface area contributed by atoms with E-state index in [4.69, 9.17) is 11.6 Å². The molecule has 0 unspecified atom stereocenters. The summed E-state index contributed by atoms with van der Waals surface area (Å²) in [4.78, 5) is 0. The number of ether oxygens (including phenoxy) is 1. The third-order valence-corrected chi connectivity index (χ3v) is 7.05. The number of benzene rings is 5. The molecule has 0 spiro atoms. The highest BCUT2D eigenvalue weighted by Crippen LogP contribution is 2.41. The van der Waals surface area contributed by atoms with Crippen molar-refractivity contribution in [2.45, 2.75) is 19.5 Å². The van der Waals surface area contributed by atoms with E-state index in [0.717, 1.165) is 36.4 Å². The molecule has 0 aliphatic rings. The van der Waals surface area contributed by atoms with Crippen LogP contribution in [0, 0.1) is 40.7 Å². The number of fused-ring (bicyclic) bond motifs is 1. The Morgan fingerprint density at radius 3 is 1.86 bits per heavy atom. The zero-order chi connectivity index (χ0) is 30.5. The van der Waals surface area contributed by atoms with Crippen LogP contribution in [-0.4, -0.2) is 0 Å². The van der Waals surface area contributed by atoms with E-state index in [1.807, 2.05) is 0 Å². The summed E-state index contributed by atoms with van der Waals surface area (Å²) in [5, 5.41) is -1.26. The summed E-state index contributed by atoms with van der Waals surface area (Å²) in [6.45, 7) is 1.59. The second kappa shape index (κ2) is 10.9. The van der Waals surface area contributed by atoms with E-state index in [9.17, 15) is 30.7 Å². The normalized spacial score (nSPS) is 11.8.